The van der Waals surface area contributed by atoms with Crippen molar-refractivity contribution in [3.8, 4) is 16.9 Å². The SMILES string of the molecule is O=C1CCCN1CCNc1nccc(-c2cnn(-c3cccc(Cl)c3)c2)n1. The van der Waals surface area contributed by atoms with Gasteiger partial charge in [0.1, 0.15) is 0 Å². The molecule has 0 saturated carbocycles. The third-order valence-corrected chi connectivity index (χ3v) is 4.68. The molecule has 27 heavy (non-hydrogen) atoms. The highest BCUT2D eigenvalue weighted by Crippen LogP contribution is 2.20. The second kappa shape index (κ2) is 7.75. The fraction of sp³-hybridized carbons (Fsp3) is 0.263. The molecule has 0 atom stereocenters. The highest BCUT2D eigenvalue weighted by atomic mass is 35.5. The van der Waals surface area contributed by atoms with Gasteiger partial charge in [-0.25, -0.2) is 14.6 Å². The van der Waals surface area contributed by atoms with Crippen LogP contribution in [-0.2, 0) is 4.79 Å². The van der Waals surface area contributed by atoms with Crippen LogP contribution in [0.4, 0.5) is 5.95 Å². The van der Waals surface area contributed by atoms with E-state index in [0.717, 1.165) is 29.9 Å². The molecule has 0 bridgehead atoms. The zero-order valence-electron chi connectivity index (χ0n) is 14.7. The van der Waals surface area contributed by atoms with E-state index in [1.165, 1.54) is 0 Å². The summed E-state index contributed by atoms with van der Waals surface area (Å²) < 4.78 is 1.76. The van der Waals surface area contributed by atoms with Gasteiger partial charge in [-0.05, 0) is 30.7 Å². The van der Waals surface area contributed by atoms with Gasteiger partial charge in [-0.3, -0.25) is 4.79 Å². The Labute approximate surface area is 162 Å². The number of benzene rings is 1. The van der Waals surface area contributed by atoms with E-state index in [2.05, 4.69) is 20.4 Å². The minimum Gasteiger partial charge on any atom is -0.352 e. The van der Waals surface area contributed by atoms with Gasteiger partial charge in [-0.2, -0.15) is 5.10 Å². The van der Waals surface area contributed by atoms with Gasteiger partial charge in [0.05, 0.1) is 17.6 Å². The molecule has 0 aliphatic carbocycles. The third kappa shape index (κ3) is 4.09. The number of halogens is 1. The molecule has 0 radical (unpaired) electrons. The lowest BCUT2D eigenvalue weighted by molar-refractivity contribution is -0.127. The maximum atomic E-state index is 11.6. The lowest BCUT2D eigenvalue weighted by atomic mass is 10.2. The zero-order chi connectivity index (χ0) is 18.6. The Morgan fingerprint density at radius 1 is 1.26 bits per heavy atom. The van der Waals surface area contributed by atoms with Crippen molar-refractivity contribution < 1.29 is 4.79 Å². The van der Waals surface area contributed by atoms with Crippen molar-refractivity contribution in [3.63, 3.8) is 0 Å². The van der Waals surface area contributed by atoms with Crippen LogP contribution in [0.2, 0.25) is 5.02 Å². The minimum absolute atomic E-state index is 0.222. The van der Waals surface area contributed by atoms with Crippen LogP contribution in [0, 0.1) is 0 Å². The van der Waals surface area contributed by atoms with Gasteiger partial charge in [0.25, 0.3) is 0 Å². The molecule has 1 aliphatic heterocycles. The van der Waals surface area contributed by atoms with Gasteiger partial charge in [0.2, 0.25) is 11.9 Å². The van der Waals surface area contributed by atoms with Crippen LogP contribution in [0.5, 0.6) is 0 Å². The fourth-order valence-electron chi connectivity index (χ4n) is 3.06. The third-order valence-electron chi connectivity index (χ3n) is 4.44. The van der Waals surface area contributed by atoms with Crippen molar-refractivity contribution >= 4 is 23.5 Å². The molecule has 7 nitrogen and oxygen atoms in total. The zero-order valence-corrected chi connectivity index (χ0v) is 15.4. The second-order valence-corrected chi connectivity index (χ2v) is 6.77. The smallest absolute Gasteiger partial charge is 0.223 e. The van der Waals surface area contributed by atoms with E-state index in [1.54, 1.807) is 17.1 Å². The molecule has 1 fully saturated rings. The van der Waals surface area contributed by atoms with E-state index in [9.17, 15) is 4.79 Å². The van der Waals surface area contributed by atoms with Gasteiger partial charge in [0.15, 0.2) is 0 Å². The number of hydrogen-bond acceptors (Lipinski definition) is 5. The van der Waals surface area contributed by atoms with Crippen LogP contribution in [0.1, 0.15) is 12.8 Å². The van der Waals surface area contributed by atoms with Gasteiger partial charge in [0, 0.05) is 49.0 Å². The van der Waals surface area contributed by atoms with Gasteiger partial charge in [-0.15, -0.1) is 0 Å². The second-order valence-electron chi connectivity index (χ2n) is 6.33. The lowest BCUT2D eigenvalue weighted by Gasteiger charge is -2.15. The number of carbonyl (C=O) groups excluding carboxylic acids is 1. The topological polar surface area (TPSA) is 75.9 Å². The summed E-state index contributed by atoms with van der Waals surface area (Å²) in [5.41, 5.74) is 2.55. The number of rotatable bonds is 6. The van der Waals surface area contributed by atoms with Crippen LogP contribution in [0.3, 0.4) is 0 Å². The van der Waals surface area contributed by atoms with Gasteiger partial charge >= 0.3 is 0 Å². The molecule has 1 saturated heterocycles. The number of anilines is 1. The predicted molar refractivity (Wildman–Crippen MR) is 104 cm³/mol. The summed E-state index contributed by atoms with van der Waals surface area (Å²) in [7, 11) is 0. The van der Waals surface area contributed by atoms with E-state index in [-0.39, 0.29) is 5.91 Å². The van der Waals surface area contributed by atoms with E-state index in [0.29, 0.717) is 30.5 Å². The monoisotopic (exact) mass is 382 g/mol. The summed E-state index contributed by atoms with van der Waals surface area (Å²) in [5, 5.41) is 8.24. The summed E-state index contributed by atoms with van der Waals surface area (Å²) in [4.78, 5) is 22.3. The summed E-state index contributed by atoms with van der Waals surface area (Å²) in [6, 6.07) is 9.35. The maximum Gasteiger partial charge on any atom is 0.223 e. The number of nitrogens with one attached hydrogen (secondary N) is 1. The molecule has 3 heterocycles. The number of aromatic nitrogens is 4. The Morgan fingerprint density at radius 3 is 3.00 bits per heavy atom. The molecule has 1 aromatic carbocycles. The van der Waals surface area contributed by atoms with Crippen molar-refractivity contribution in [2.24, 2.45) is 0 Å². The highest BCUT2D eigenvalue weighted by molar-refractivity contribution is 6.30. The van der Waals surface area contributed by atoms with Crippen LogP contribution >= 0.6 is 11.6 Å². The molecule has 1 amide bonds. The molecule has 1 aliphatic rings. The fourth-order valence-corrected chi connectivity index (χ4v) is 3.25. The molecule has 0 unspecified atom stereocenters. The first kappa shape index (κ1) is 17.5. The molecular weight excluding hydrogens is 364 g/mol. The number of amides is 1. The molecule has 3 aromatic rings. The van der Waals surface area contributed by atoms with Crippen molar-refractivity contribution in [1.82, 2.24) is 24.6 Å². The highest BCUT2D eigenvalue weighted by Gasteiger charge is 2.19. The average molecular weight is 383 g/mol. The predicted octanol–water partition coefficient (Wildman–Crippen LogP) is 3.02. The maximum absolute atomic E-state index is 11.6. The normalized spacial score (nSPS) is 14.0. The Kier molecular flexibility index (Phi) is 5.02. The standard InChI is InChI=1S/C19H19ClN6O/c20-15-3-1-4-16(11-15)26-13-14(12-23-26)17-6-7-21-19(24-17)22-8-10-25-9-2-5-18(25)27/h1,3-4,6-7,11-13H,2,5,8-10H2,(H,21,22,24). The minimum atomic E-state index is 0.222. The summed E-state index contributed by atoms with van der Waals surface area (Å²) in [5.74, 6) is 0.759. The molecule has 4 rings (SSSR count). The first-order valence-electron chi connectivity index (χ1n) is 8.85. The van der Waals surface area contributed by atoms with Crippen LogP contribution < -0.4 is 5.32 Å². The first-order valence-corrected chi connectivity index (χ1v) is 9.22. The molecular formula is C19H19ClN6O. The molecule has 1 N–H and O–H groups in total. The Bertz CT molecular complexity index is 957. The van der Waals surface area contributed by atoms with Crippen LogP contribution in [0.25, 0.3) is 16.9 Å². The van der Waals surface area contributed by atoms with Crippen LogP contribution in [-0.4, -0.2) is 50.2 Å². The number of hydrogen-bond donors (Lipinski definition) is 1. The summed E-state index contributed by atoms with van der Waals surface area (Å²) in [6.45, 7) is 2.13. The summed E-state index contributed by atoms with van der Waals surface area (Å²) in [6.07, 6.45) is 6.98. The van der Waals surface area contributed by atoms with Gasteiger partial charge in [-0.1, -0.05) is 17.7 Å². The largest absolute Gasteiger partial charge is 0.352 e. The number of nitrogens with zero attached hydrogens (tertiary/aromatic N) is 5. The lowest BCUT2D eigenvalue weighted by Crippen LogP contribution is -2.30. The Balaban J connectivity index is 1.44. The molecule has 0 spiro atoms. The molecule has 2 aromatic heterocycles. The van der Waals surface area contributed by atoms with Crippen molar-refractivity contribution in [2.75, 3.05) is 25.0 Å². The quantitative estimate of drug-likeness (QED) is 0.709. The van der Waals surface area contributed by atoms with E-state index >= 15 is 0 Å². The number of likely N-dealkylation sites (tertiary alicyclic amines) is 1. The van der Waals surface area contributed by atoms with E-state index < -0.39 is 0 Å². The van der Waals surface area contributed by atoms with Crippen molar-refractivity contribution in [3.05, 3.63) is 53.9 Å². The summed E-state index contributed by atoms with van der Waals surface area (Å²) >= 11 is 6.05. The Morgan fingerprint density at radius 2 is 2.19 bits per heavy atom. The molecule has 138 valence electrons. The van der Waals surface area contributed by atoms with Crippen molar-refractivity contribution in [1.29, 1.82) is 0 Å². The average Bonchev–Trinajstić information content (AvgIpc) is 3.32. The van der Waals surface area contributed by atoms with E-state index in [4.69, 9.17) is 11.6 Å². The first-order chi connectivity index (χ1) is 13.2. The Hall–Kier alpha value is -2.93. The van der Waals surface area contributed by atoms with Crippen LogP contribution in [0.15, 0.2) is 48.9 Å². The van der Waals surface area contributed by atoms with Gasteiger partial charge < -0.3 is 10.2 Å². The van der Waals surface area contributed by atoms with Crippen molar-refractivity contribution in [2.45, 2.75) is 12.8 Å². The number of carbonyl (C=O) groups is 1. The molecule has 8 heteroatoms. The van der Waals surface area contributed by atoms with E-state index in [1.807, 2.05) is 41.4 Å².